The summed E-state index contributed by atoms with van der Waals surface area (Å²) in [5.41, 5.74) is -0.964. The summed E-state index contributed by atoms with van der Waals surface area (Å²) in [4.78, 5) is 11.1. The van der Waals surface area contributed by atoms with Crippen LogP contribution in [0.4, 0.5) is 0 Å². The Kier molecular flexibility index (Phi) is 3.85. The molecule has 0 unspecified atom stereocenters. The molecule has 5 nitrogen and oxygen atoms in total. The zero-order chi connectivity index (χ0) is 14.1. The van der Waals surface area contributed by atoms with E-state index in [1.54, 1.807) is 12.1 Å². The molecule has 0 saturated heterocycles. The van der Waals surface area contributed by atoms with Gasteiger partial charge in [-0.3, -0.25) is 4.79 Å². The predicted octanol–water partition coefficient (Wildman–Crippen LogP) is 1.87. The van der Waals surface area contributed by atoms with Crippen LogP contribution in [0.2, 0.25) is 5.02 Å². The summed E-state index contributed by atoms with van der Waals surface area (Å²) in [7, 11) is -3.78. The lowest BCUT2D eigenvalue weighted by atomic mass is 9.69. The van der Waals surface area contributed by atoms with Crippen molar-refractivity contribution in [3.63, 3.8) is 0 Å². The van der Waals surface area contributed by atoms with Gasteiger partial charge < -0.3 is 5.11 Å². The van der Waals surface area contributed by atoms with Gasteiger partial charge in [-0.05, 0) is 25.0 Å². The first-order chi connectivity index (χ1) is 8.87. The van der Waals surface area contributed by atoms with E-state index in [9.17, 15) is 13.2 Å². The second-order valence-electron chi connectivity index (χ2n) is 4.69. The summed E-state index contributed by atoms with van der Waals surface area (Å²) in [6, 6.07) is 6.06. The van der Waals surface area contributed by atoms with Crippen LogP contribution in [0, 0.1) is 5.41 Å². The van der Waals surface area contributed by atoms with E-state index >= 15 is 0 Å². The average molecular weight is 304 g/mol. The topological polar surface area (TPSA) is 83.5 Å². The molecule has 19 heavy (non-hydrogen) atoms. The Bertz CT molecular complexity index is 596. The molecule has 0 amide bonds. The van der Waals surface area contributed by atoms with Crippen LogP contribution in [0.1, 0.15) is 19.3 Å². The number of carboxylic acid groups (broad SMARTS) is 1. The average Bonchev–Trinajstić information content (AvgIpc) is 2.27. The minimum Gasteiger partial charge on any atom is -0.481 e. The predicted molar refractivity (Wildman–Crippen MR) is 70.6 cm³/mol. The van der Waals surface area contributed by atoms with E-state index in [1.165, 1.54) is 12.1 Å². The molecule has 1 aliphatic rings. The summed E-state index contributed by atoms with van der Waals surface area (Å²) >= 11 is 5.83. The quantitative estimate of drug-likeness (QED) is 0.870. The van der Waals surface area contributed by atoms with Gasteiger partial charge in [-0.2, -0.15) is 0 Å². The third kappa shape index (κ3) is 2.75. The van der Waals surface area contributed by atoms with Crippen molar-refractivity contribution in [3.05, 3.63) is 29.3 Å². The van der Waals surface area contributed by atoms with Crippen LogP contribution < -0.4 is 4.72 Å². The summed E-state index contributed by atoms with van der Waals surface area (Å²) in [5.74, 6) is -0.958. The first kappa shape index (κ1) is 14.3. The number of halogens is 1. The van der Waals surface area contributed by atoms with Crippen LogP contribution in [-0.2, 0) is 14.8 Å². The lowest BCUT2D eigenvalue weighted by Gasteiger charge is -2.37. The van der Waals surface area contributed by atoms with Crippen molar-refractivity contribution in [3.8, 4) is 0 Å². The molecule has 1 aromatic carbocycles. The van der Waals surface area contributed by atoms with E-state index in [0.717, 1.165) is 6.42 Å². The first-order valence-corrected chi connectivity index (χ1v) is 7.71. The highest BCUT2D eigenvalue weighted by Gasteiger charge is 2.45. The molecule has 0 aromatic heterocycles. The number of hydrogen-bond acceptors (Lipinski definition) is 3. The van der Waals surface area contributed by atoms with Crippen LogP contribution >= 0.6 is 11.6 Å². The fraction of sp³-hybridized carbons (Fsp3) is 0.417. The molecule has 1 aromatic rings. The van der Waals surface area contributed by atoms with Gasteiger partial charge >= 0.3 is 5.97 Å². The Morgan fingerprint density at radius 3 is 2.47 bits per heavy atom. The Labute approximate surface area is 116 Å². The number of nitrogens with one attached hydrogen (secondary N) is 1. The Morgan fingerprint density at radius 1 is 1.37 bits per heavy atom. The second kappa shape index (κ2) is 5.11. The maximum absolute atomic E-state index is 12.1. The summed E-state index contributed by atoms with van der Waals surface area (Å²) in [5, 5.41) is 9.26. The molecule has 0 heterocycles. The van der Waals surface area contributed by atoms with E-state index in [4.69, 9.17) is 16.7 Å². The van der Waals surface area contributed by atoms with Crippen molar-refractivity contribution in [2.24, 2.45) is 5.41 Å². The third-order valence-electron chi connectivity index (χ3n) is 3.49. The maximum atomic E-state index is 12.1. The van der Waals surface area contributed by atoms with E-state index in [1.807, 2.05) is 0 Å². The van der Waals surface area contributed by atoms with Gasteiger partial charge in [-0.25, -0.2) is 13.1 Å². The van der Waals surface area contributed by atoms with Gasteiger partial charge in [0.1, 0.15) is 4.90 Å². The Morgan fingerprint density at radius 2 is 2.00 bits per heavy atom. The zero-order valence-corrected chi connectivity index (χ0v) is 11.7. The molecular formula is C12H14ClNO4S. The van der Waals surface area contributed by atoms with Crippen molar-refractivity contribution in [1.29, 1.82) is 0 Å². The first-order valence-electron chi connectivity index (χ1n) is 5.85. The highest BCUT2D eigenvalue weighted by Crippen LogP contribution is 2.40. The summed E-state index contributed by atoms with van der Waals surface area (Å²) < 4.78 is 26.5. The van der Waals surface area contributed by atoms with Crippen LogP contribution in [0.25, 0.3) is 0 Å². The molecule has 0 spiro atoms. The molecule has 0 radical (unpaired) electrons. The van der Waals surface area contributed by atoms with Crippen molar-refractivity contribution in [1.82, 2.24) is 4.72 Å². The van der Waals surface area contributed by atoms with Gasteiger partial charge in [-0.15, -0.1) is 0 Å². The molecule has 0 bridgehead atoms. The molecule has 1 saturated carbocycles. The number of aliphatic carboxylic acids is 1. The minimum atomic E-state index is -3.78. The lowest BCUT2D eigenvalue weighted by molar-refractivity contribution is -0.153. The van der Waals surface area contributed by atoms with Crippen LogP contribution in [0.15, 0.2) is 29.2 Å². The largest absolute Gasteiger partial charge is 0.481 e. The van der Waals surface area contributed by atoms with Crippen molar-refractivity contribution < 1.29 is 18.3 Å². The standard InChI is InChI=1S/C12H14ClNO4S/c13-9-4-1-2-5-10(9)19(17,18)14-8-12(11(15)16)6-3-7-12/h1-2,4-5,14H,3,6-8H2,(H,15,16). The highest BCUT2D eigenvalue weighted by molar-refractivity contribution is 7.89. The number of carbonyl (C=O) groups is 1. The van der Waals surface area contributed by atoms with Gasteiger partial charge in [0.05, 0.1) is 10.4 Å². The second-order valence-corrected chi connectivity index (χ2v) is 6.84. The van der Waals surface area contributed by atoms with Crippen LogP contribution in [-0.4, -0.2) is 26.0 Å². The smallest absolute Gasteiger partial charge is 0.310 e. The lowest BCUT2D eigenvalue weighted by Crippen LogP contribution is -2.47. The Hall–Kier alpha value is -1.11. The van der Waals surface area contributed by atoms with Crippen molar-refractivity contribution in [2.45, 2.75) is 24.2 Å². The fourth-order valence-corrected chi connectivity index (χ4v) is 3.69. The number of rotatable bonds is 5. The van der Waals surface area contributed by atoms with E-state index in [2.05, 4.69) is 4.72 Å². The molecule has 1 fully saturated rings. The SMILES string of the molecule is O=C(O)C1(CNS(=O)(=O)c2ccccc2Cl)CCC1. The number of benzene rings is 1. The van der Waals surface area contributed by atoms with Crippen LogP contribution in [0.3, 0.4) is 0 Å². The van der Waals surface area contributed by atoms with Crippen LogP contribution in [0.5, 0.6) is 0 Å². The molecule has 2 rings (SSSR count). The molecule has 2 N–H and O–H groups in total. The minimum absolute atomic E-state index is 0.0310. The van der Waals surface area contributed by atoms with E-state index in [-0.39, 0.29) is 16.5 Å². The molecule has 1 aliphatic carbocycles. The molecule has 104 valence electrons. The highest BCUT2D eigenvalue weighted by atomic mass is 35.5. The molecule has 0 aliphatic heterocycles. The number of carboxylic acids is 1. The monoisotopic (exact) mass is 303 g/mol. The number of sulfonamides is 1. The summed E-state index contributed by atoms with van der Waals surface area (Å²) in [6.07, 6.45) is 1.79. The Balaban J connectivity index is 2.15. The van der Waals surface area contributed by atoms with Gasteiger partial charge in [0, 0.05) is 6.54 Å². The van der Waals surface area contributed by atoms with Crippen molar-refractivity contribution in [2.75, 3.05) is 6.54 Å². The van der Waals surface area contributed by atoms with Gasteiger partial charge in [0.2, 0.25) is 10.0 Å². The normalized spacial score (nSPS) is 17.7. The van der Waals surface area contributed by atoms with E-state index in [0.29, 0.717) is 12.8 Å². The third-order valence-corrected chi connectivity index (χ3v) is 5.39. The molecule has 0 atom stereocenters. The van der Waals surface area contributed by atoms with Gasteiger partial charge in [0.15, 0.2) is 0 Å². The van der Waals surface area contributed by atoms with Gasteiger partial charge in [-0.1, -0.05) is 30.2 Å². The van der Waals surface area contributed by atoms with Gasteiger partial charge in [0.25, 0.3) is 0 Å². The zero-order valence-electron chi connectivity index (χ0n) is 10.1. The van der Waals surface area contributed by atoms with E-state index < -0.39 is 21.4 Å². The molecule has 7 heteroatoms. The fourth-order valence-electron chi connectivity index (χ4n) is 2.04. The summed E-state index contributed by atoms with van der Waals surface area (Å²) in [6.45, 7) is -0.101. The van der Waals surface area contributed by atoms with Crippen molar-refractivity contribution >= 4 is 27.6 Å². The molecular weight excluding hydrogens is 290 g/mol. The maximum Gasteiger partial charge on any atom is 0.310 e. The number of hydrogen-bond donors (Lipinski definition) is 2.